The average molecular weight is 597 g/mol. The second-order valence-electron chi connectivity index (χ2n) is 10.1. The van der Waals surface area contributed by atoms with Crippen LogP contribution in [0.25, 0.3) is 0 Å². The molecule has 0 aromatic carbocycles. The maximum Gasteiger partial charge on any atom is 0.336 e. The summed E-state index contributed by atoms with van der Waals surface area (Å²) in [6.07, 6.45) is 18.9. The first-order valence-electron chi connectivity index (χ1n) is 14.8. The molecule has 0 aromatic rings. The van der Waals surface area contributed by atoms with Crippen LogP contribution >= 0.6 is 0 Å². The van der Waals surface area contributed by atoms with Crippen molar-refractivity contribution >= 4 is 23.9 Å². The molecule has 7 N–H and O–H groups in total. The van der Waals surface area contributed by atoms with Crippen molar-refractivity contribution in [3.8, 4) is 0 Å². The third-order valence-electron chi connectivity index (χ3n) is 5.99. The molecule has 0 fully saturated rings. The monoisotopic (exact) mass is 596 g/mol. The number of aliphatic hydroxyl groups is 4. The lowest BCUT2D eigenvalue weighted by Crippen LogP contribution is -2.42. The predicted octanol–water partition coefficient (Wildman–Crippen LogP) is 3.89. The van der Waals surface area contributed by atoms with Crippen molar-refractivity contribution in [2.24, 2.45) is 0 Å². The van der Waals surface area contributed by atoms with Crippen LogP contribution in [0, 0.1) is 0 Å². The van der Waals surface area contributed by atoms with Crippen LogP contribution in [0.15, 0.2) is 0 Å². The number of esters is 1. The second-order valence-corrected chi connectivity index (χ2v) is 10.1. The molecule has 0 amide bonds. The Labute approximate surface area is 244 Å². The third-order valence-corrected chi connectivity index (χ3v) is 5.99. The van der Waals surface area contributed by atoms with E-state index in [9.17, 15) is 19.2 Å². The number of unbranched alkanes of at least 4 members (excludes halogenated alkanes) is 15. The fraction of sp³-hybridized carbons (Fsp3) is 0.862. The van der Waals surface area contributed by atoms with Crippen molar-refractivity contribution in [3.63, 3.8) is 0 Å². The van der Waals surface area contributed by atoms with Crippen LogP contribution in [0.2, 0.25) is 0 Å². The number of rotatable bonds is 24. The number of carboxylic acids is 3. The van der Waals surface area contributed by atoms with Gasteiger partial charge in [0.15, 0.2) is 5.60 Å². The second kappa shape index (κ2) is 30.7. The zero-order valence-electron chi connectivity index (χ0n) is 25.1. The number of carbonyl (C=O) groups excluding carboxylic acids is 1. The van der Waals surface area contributed by atoms with E-state index in [1.54, 1.807) is 0 Å². The van der Waals surface area contributed by atoms with Crippen LogP contribution in [0.3, 0.4) is 0 Å². The van der Waals surface area contributed by atoms with Gasteiger partial charge in [0.2, 0.25) is 0 Å². The van der Waals surface area contributed by atoms with E-state index in [1.807, 2.05) is 0 Å². The molecule has 1 atom stereocenters. The minimum Gasteiger partial charge on any atom is -0.481 e. The van der Waals surface area contributed by atoms with Crippen LogP contribution in [-0.4, -0.2) is 91.1 Å². The lowest BCUT2D eigenvalue weighted by atomic mass is 9.96. The summed E-state index contributed by atoms with van der Waals surface area (Å²) in [5.74, 6) is -5.47. The minimum absolute atomic E-state index is 0.133. The van der Waals surface area contributed by atoms with E-state index < -0.39 is 48.4 Å². The van der Waals surface area contributed by atoms with Gasteiger partial charge >= 0.3 is 23.9 Å². The maximum atomic E-state index is 10.3. The van der Waals surface area contributed by atoms with Crippen molar-refractivity contribution in [1.29, 1.82) is 0 Å². The van der Waals surface area contributed by atoms with Gasteiger partial charge in [-0.1, -0.05) is 103 Å². The molecule has 0 saturated heterocycles. The quantitative estimate of drug-likeness (QED) is 0.0623. The van der Waals surface area contributed by atoms with E-state index in [0.29, 0.717) is 6.61 Å². The molecule has 0 aliphatic rings. The molecule has 12 nitrogen and oxygen atoms in total. The summed E-state index contributed by atoms with van der Waals surface area (Å²) in [6.45, 7) is 3.38. The van der Waals surface area contributed by atoms with E-state index in [-0.39, 0.29) is 13.2 Å². The Morgan fingerprint density at radius 3 is 1.24 bits per heavy atom. The first-order chi connectivity index (χ1) is 19.4. The van der Waals surface area contributed by atoms with Crippen LogP contribution < -0.4 is 0 Å². The predicted molar refractivity (Wildman–Crippen MR) is 153 cm³/mol. The molecule has 12 heteroatoms. The standard InChI is InChI=1S/C18H38O.C6H8O7.C5H10O4/c1-2-3-4-5-6-7-8-9-10-11-12-13-14-15-16-17-18-19;7-3(8)1-6(13,5(11)12)2-4(9)10;1-4(7)9-3-5(8)2-6/h19H,2-18H2,1H3;13H,1-2H2,(H,7,8)(H,9,10)(H,11,12);5-6,8H,2-3H2,1H3. The largest absolute Gasteiger partial charge is 0.481 e. The Kier molecular flexibility index (Phi) is 32.3. The smallest absolute Gasteiger partial charge is 0.336 e. The Hall–Kier alpha value is -2.28. The Morgan fingerprint density at radius 2 is 1.00 bits per heavy atom. The van der Waals surface area contributed by atoms with E-state index in [4.69, 9.17) is 35.7 Å². The van der Waals surface area contributed by atoms with Gasteiger partial charge in [-0.15, -0.1) is 0 Å². The molecular weight excluding hydrogens is 540 g/mol. The van der Waals surface area contributed by atoms with Crippen LogP contribution in [0.4, 0.5) is 0 Å². The lowest BCUT2D eigenvalue weighted by Gasteiger charge is -2.18. The van der Waals surface area contributed by atoms with E-state index >= 15 is 0 Å². The molecule has 1 unspecified atom stereocenters. The number of aliphatic hydroxyl groups excluding tert-OH is 3. The molecule has 0 spiro atoms. The van der Waals surface area contributed by atoms with Gasteiger partial charge in [-0.2, -0.15) is 0 Å². The fourth-order valence-electron chi connectivity index (χ4n) is 3.64. The number of hydrogen-bond donors (Lipinski definition) is 7. The molecule has 0 aliphatic heterocycles. The van der Waals surface area contributed by atoms with Crippen molar-refractivity contribution in [2.75, 3.05) is 19.8 Å². The number of carboxylic acid groups (broad SMARTS) is 3. The third kappa shape index (κ3) is 35.7. The minimum atomic E-state index is -2.74. The van der Waals surface area contributed by atoms with Gasteiger partial charge < -0.3 is 40.5 Å². The molecule has 244 valence electrons. The molecule has 0 aliphatic carbocycles. The van der Waals surface area contributed by atoms with Crippen molar-refractivity contribution in [3.05, 3.63) is 0 Å². The zero-order valence-corrected chi connectivity index (χ0v) is 25.1. The molecular formula is C29H56O12. The van der Waals surface area contributed by atoms with Gasteiger partial charge in [-0.3, -0.25) is 14.4 Å². The molecule has 41 heavy (non-hydrogen) atoms. The highest BCUT2D eigenvalue weighted by Gasteiger charge is 2.40. The lowest BCUT2D eigenvalue weighted by molar-refractivity contribution is -0.170. The summed E-state index contributed by atoms with van der Waals surface area (Å²) in [5.41, 5.74) is -2.74. The summed E-state index contributed by atoms with van der Waals surface area (Å²) in [5, 5.41) is 59.3. The molecule has 0 rings (SSSR count). The van der Waals surface area contributed by atoms with E-state index in [0.717, 1.165) is 6.42 Å². The van der Waals surface area contributed by atoms with Crippen LogP contribution in [-0.2, 0) is 23.9 Å². The highest BCUT2D eigenvalue weighted by Crippen LogP contribution is 2.16. The first-order valence-corrected chi connectivity index (χ1v) is 14.8. The number of carbonyl (C=O) groups is 4. The van der Waals surface area contributed by atoms with Gasteiger partial charge in [-0.05, 0) is 6.42 Å². The number of ether oxygens (including phenoxy) is 1. The Bertz CT molecular complexity index is 622. The highest BCUT2D eigenvalue weighted by molar-refractivity contribution is 5.88. The van der Waals surface area contributed by atoms with Gasteiger partial charge in [0.05, 0.1) is 19.4 Å². The molecule has 0 aromatic heterocycles. The Balaban J connectivity index is -0.000000569. The molecule has 0 heterocycles. The zero-order chi connectivity index (χ0) is 31.9. The van der Waals surface area contributed by atoms with Crippen molar-refractivity contribution < 1.29 is 59.7 Å². The highest BCUT2D eigenvalue weighted by atomic mass is 16.5. The van der Waals surface area contributed by atoms with Gasteiger partial charge in [0.1, 0.15) is 12.7 Å². The topological polar surface area (TPSA) is 219 Å². The average Bonchev–Trinajstić information content (AvgIpc) is 2.89. The van der Waals surface area contributed by atoms with E-state index in [2.05, 4.69) is 11.7 Å². The summed E-state index contributed by atoms with van der Waals surface area (Å²) in [7, 11) is 0. The van der Waals surface area contributed by atoms with E-state index in [1.165, 1.54) is 103 Å². The maximum absolute atomic E-state index is 10.3. The molecule has 0 bridgehead atoms. The van der Waals surface area contributed by atoms with Crippen molar-refractivity contribution in [1.82, 2.24) is 0 Å². The van der Waals surface area contributed by atoms with Gasteiger partial charge in [-0.25, -0.2) is 4.79 Å². The first kappa shape index (κ1) is 43.2. The van der Waals surface area contributed by atoms with Gasteiger partial charge in [0.25, 0.3) is 0 Å². The SMILES string of the molecule is CC(=O)OCC(O)CO.CCCCCCCCCCCCCCCCCCO.O=C(O)CC(O)(CC(=O)O)C(=O)O. The molecule has 0 saturated carbocycles. The van der Waals surface area contributed by atoms with Crippen molar-refractivity contribution in [2.45, 2.75) is 141 Å². The summed E-state index contributed by atoms with van der Waals surface area (Å²) in [6, 6.07) is 0. The number of hydrogen-bond acceptors (Lipinski definition) is 9. The fourth-order valence-corrected chi connectivity index (χ4v) is 3.64. The summed E-state index contributed by atoms with van der Waals surface area (Å²) >= 11 is 0. The summed E-state index contributed by atoms with van der Waals surface area (Å²) < 4.78 is 4.35. The van der Waals surface area contributed by atoms with Crippen LogP contribution in [0.1, 0.15) is 129 Å². The Morgan fingerprint density at radius 1 is 0.659 bits per heavy atom. The summed E-state index contributed by atoms with van der Waals surface area (Å²) in [4.78, 5) is 40.5. The van der Waals surface area contributed by atoms with Gasteiger partial charge in [0, 0.05) is 13.5 Å². The molecule has 0 radical (unpaired) electrons. The normalized spacial score (nSPS) is 11.4. The van der Waals surface area contributed by atoms with Crippen LogP contribution in [0.5, 0.6) is 0 Å². The number of aliphatic carboxylic acids is 3.